The third-order valence-corrected chi connectivity index (χ3v) is 2.33. The third-order valence-electron chi connectivity index (χ3n) is 2.33. The maximum absolute atomic E-state index is 11.1. The van der Waals surface area contributed by atoms with E-state index in [9.17, 15) is 4.79 Å². The lowest BCUT2D eigenvalue weighted by atomic mass is 10.1. The number of hydrogen-bond acceptors (Lipinski definition) is 1. The maximum Gasteiger partial charge on any atom is 0.277 e. The van der Waals surface area contributed by atoms with Crippen LogP contribution >= 0.6 is 0 Å². The van der Waals surface area contributed by atoms with E-state index < -0.39 is 0 Å². The average molecular weight is 143 g/mol. The van der Waals surface area contributed by atoms with Crippen molar-refractivity contribution < 1.29 is 4.79 Å². The molecule has 11 heavy (non-hydrogen) atoms. The number of rotatable bonds is 0. The van der Waals surface area contributed by atoms with Crippen molar-refractivity contribution in [2.45, 2.75) is 6.42 Å². The molecule has 1 heterocycles. The van der Waals surface area contributed by atoms with Crippen LogP contribution < -0.4 is 0 Å². The van der Waals surface area contributed by atoms with Crippen LogP contribution in [0.5, 0.6) is 0 Å². The van der Waals surface area contributed by atoms with E-state index >= 15 is 0 Å². The van der Waals surface area contributed by atoms with Crippen molar-refractivity contribution in [2.75, 3.05) is 0 Å². The normalized spacial score (nSPS) is 24.5. The molecule has 0 spiro atoms. The van der Waals surface area contributed by atoms with Gasteiger partial charge >= 0.3 is 0 Å². The molecule has 3 aliphatic rings. The quantitative estimate of drug-likeness (QED) is 0.500. The van der Waals surface area contributed by atoms with E-state index in [4.69, 9.17) is 0 Å². The number of carbonyl (C=O) groups excluding carboxylic acids is 1. The highest BCUT2D eigenvalue weighted by Crippen LogP contribution is 2.40. The smallest absolute Gasteiger partial charge is 0.267 e. The molecule has 52 valence electrons. The van der Waals surface area contributed by atoms with Crippen molar-refractivity contribution in [1.29, 1.82) is 0 Å². The lowest BCUT2D eigenvalue weighted by molar-refractivity contribution is -0.113. The standard InChI is InChI=1S/C9H5NO/c11-9-8-6-2-1-5(3-6)7(8)4-10-9/h1-2,4H,3H2. The summed E-state index contributed by atoms with van der Waals surface area (Å²) in [4.78, 5) is 14.9. The highest BCUT2D eigenvalue weighted by Gasteiger charge is 2.32. The van der Waals surface area contributed by atoms with Gasteiger partial charge < -0.3 is 0 Å². The van der Waals surface area contributed by atoms with Gasteiger partial charge in [-0.05, 0) is 17.6 Å². The Kier molecular flexibility index (Phi) is 0.677. The molecule has 2 aliphatic carbocycles. The zero-order valence-electron chi connectivity index (χ0n) is 5.79. The fourth-order valence-corrected chi connectivity index (χ4v) is 1.80. The number of nitrogens with zero attached hydrogens (tertiary/aromatic N) is 1. The first-order valence-electron chi connectivity index (χ1n) is 3.59. The molecule has 2 nitrogen and oxygen atoms in total. The summed E-state index contributed by atoms with van der Waals surface area (Å²) in [6, 6.07) is 0. The molecule has 0 unspecified atom stereocenters. The second-order valence-corrected chi connectivity index (χ2v) is 2.91. The van der Waals surface area contributed by atoms with Crippen LogP contribution in [0, 0.1) is 0 Å². The van der Waals surface area contributed by atoms with E-state index in [0.29, 0.717) is 0 Å². The zero-order valence-corrected chi connectivity index (χ0v) is 5.79. The van der Waals surface area contributed by atoms with Crippen LogP contribution in [-0.2, 0) is 4.79 Å². The molecular formula is C9H5NO. The van der Waals surface area contributed by atoms with Crippen LogP contribution in [0.15, 0.2) is 39.4 Å². The summed E-state index contributed by atoms with van der Waals surface area (Å²) in [6.07, 6.45) is 6.71. The van der Waals surface area contributed by atoms with Crippen LogP contribution in [0.25, 0.3) is 0 Å². The minimum absolute atomic E-state index is 0.0608. The topological polar surface area (TPSA) is 29.4 Å². The SMILES string of the molecule is O=C1N=CC2=C3C=CC(=C12)C3. The highest BCUT2D eigenvalue weighted by atomic mass is 16.1. The van der Waals surface area contributed by atoms with E-state index in [0.717, 1.165) is 23.1 Å². The van der Waals surface area contributed by atoms with Gasteiger partial charge in [0.15, 0.2) is 0 Å². The lowest BCUT2D eigenvalue weighted by Gasteiger charge is -1.95. The van der Waals surface area contributed by atoms with E-state index in [1.165, 1.54) is 5.57 Å². The first kappa shape index (κ1) is 5.24. The predicted octanol–water partition coefficient (Wildman–Crippen LogP) is 1.16. The van der Waals surface area contributed by atoms with Crippen molar-refractivity contribution in [2.24, 2.45) is 4.99 Å². The first-order chi connectivity index (χ1) is 5.36. The molecule has 0 radical (unpaired) electrons. The second-order valence-electron chi connectivity index (χ2n) is 2.91. The summed E-state index contributed by atoms with van der Waals surface area (Å²) in [5.74, 6) is -0.0608. The van der Waals surface area contributed by atoms with Crippen molar-refractivity contribution in [1.82, 2.24) is 0 Å². The number of hydrogen-bond donors (Lipinski definition) is 0. The van der Waals surface area contributed by atoms with E-state index in [1.807, 2.05) is 6.08 Å². The van der Waals surface area contributed by atoms with E-state index in [2.05, 4.69) is 11.1 Å². The van der Waals surface area contributed by atoms with Gasteiger partial charge in [0.2, 0.25) is 0 Å². The molecule has 2 bridgehead atoms. The molecule has 2 heteroatoms. The monoisotopic (exact) mass is 143 g/mol. The minimum Gasteiger partial charge on any atom is -0.267 e. The Bertz CT molecular complexity index is 394. The Morgan fingerprint density at radius 2 is 2.09 bits per heavy atom. The van der Waals surface area contributed by atoms with Crippen molar-refractivity contribution in [3.63, 3.8) is 0 Å². The molecule has 0 aromatic heterocycles. The van der Waals surface area contributed by atoms with Crippen molar-refractivity contribution in [3.8, 4) is 0 Å². The number of fused-ring (bicyclic) bond motifs is 3. The van der Waals surface area contributed by atoms with Crippen LogP contribution in [0.1, 0.15) is 6.42 Å². The minimum atomic E-state index is -0.0608. The third kappa shape index (κ3) is 0.452. The summed E-state index contributed by atoms with van der Waals surface area (Å²) in [5.41, 5.74) is 4.32. The van der Waals surface area contributed by atoms with Gasteiger partial charge in [0, 0.05) is 11.8 Å². The van der Waals surface area contributed by atoms with E-state index in [1.54, 1.807) is 6.21 Å². The summed E-state index contributed by atoms with van der Waals surface area (Å²) < 4.78 is 0. The van der Waals surface area contributed by atoms with Gasteiger partial charge in [0.05, 0.1) is 5.57 Å². The molecule has 0 aromatic carbocycles. The van der Waals surface area contributed by atoms with Crippen LogP contribution in [0.3, 0.4) is 0 Å². The van der Waals surface area contributed by atoms with Crippen molar-refractivity contribution in [3.05, 3.63) is 34.4 Å². The number of carbonyl (C=O) groups is 1. The Morgan fingerprint density at radius 1 is 1.27 bits per heavy atom. The van der Waals surface area contributed by atoms with Crippen molar-refractivity contribution >= 4 is 12.1 Å². The maximum atomic E-state index is 11.1. The Morgan fingerprint density at radius 3 is 2.91 bits per heavy atom. The van der Waals surface area contributed by atoms with Crippen LogP contribution in [-0.4, -0.2) is 12.1 Å². The Hall–Kier alpha value is -1.44. The Labute approximate surface area is 63.6 Å². The second kappa shape index (κ2) is 1.42. The lowest BCUT2D eigenvalue weighted by Crippen LogP contribution is -1.94. The predicted molar refractivity (Wildman–Crippen MR) is 41.3 cm³/mol. The molecular weight excluding hydrogens is 138 g/mol. The fourth-order valence-electron chi connectivity index (χ4n) is 1.80. The van der Waals surface area contributed by atoms with Gasteiger partial charge in [-0.25, -0.2) is 4.99 Å². The van der Waals surface area contributed by atoms with Crippen LogP contribution in [0.4, 0.5) is 0 Å². The first-order valence-corrected chi connectivity index (χ1v) is 3.59. The highest BCUT2D eigenvalue weighted by molar-refractivity contribution is 6.19. The van der Waals surface area contributed by atoms with Gasteiger partial charge in [-0.15, -0.1) is 0 Å². The molecule has 1 amide bonds. The van der Waals surface area contributed by atoms with Gasteiger partial charge in [-0.3, -0.25) is 4.79 Å². The molecule has 0 fully saturated rings. The number of aliphatic imine (C=N–C) groups is 1. The number of allylic oxidation sites excluding steroid dienone is 4. The average Bonchev–Trinajstić information content (AvgIpc) is 2.60. The van der Waals surface area contributed by atoms with Gasteiger partial charge in [-0.2, -0.15) is 0 Å². The Balaban J connectivity index is 2.40. The molecule has 0 aromatic rings. The summed E-state index contributed by atoms with van der Waals surface area (Å²) in [5, 5.41) is 0. The van der Waals surface area contributed by atoms with Crippen LogP contribution in [0.2, 0.25) is 0 Å². The summed E-state index contributed by atoms with van der Waals surface area (Å²) >= 11 is 0. The molecule has 3 rings (SSSR count). The summed E-state index contributed by atoms with van der Waals surface area (Å²) in [6.45, 7) is 0. The van der Waals surface area contributed by atoms with Gasteiger partial charge in [0.1, 0.15) is 0 Å². The number of amides is 1. The van der Waals surface area contributed by atoms with Gasteiger partial charge in [0.25, 0.3) is 5.91 Å². The summed E-state index contributed by atoms with van der Waals surface area (Å²) in [7, 11) is 0. The molecule has 0 saturated heterocycles. The fraction of sp³-hybridized carbons (Fsp3) is 0.111. The van der Waals surface area contributed by atoms with Gasteiger partial charge in [-0.1, -0.05) is 12.2 Å². The molecule has 0 saturated carbocycles. The molecule has 1 aliphatic heterocycles. The molecule has 0 N–H and O–H groups in total. The van der Waals surface area contributed by atoms with E-state index in [-0.39, 0.29) is 5.91 Å². The molecule has 0 atom stereocenters. The largest absolute Gasteiger partial charge is 0.277 e. The zero-order chi connectivity index (χ0) is 7.42.